The van der Waals surface area contributed by atoms with Gasteiger partial charge in [-0.3, -0.25) is 9.48 Å². The third kappa shape index (κ3) is 4.42. The molecule has 5 nitrogen and oxygen atoms in total. The fourth-order valence-corrected chi connectivity index (χ4v) is 2.87. The second-order valence-corrected chi connectivity index (χ2v) is 5.86. The van der Waals surface area contributed by atoms with Crippen LogP contribution in [-0.2, 0) is 18.3 Å². The summed E-state index contributed by atoms with van der Waals surface area (Å²) in [5.41, 5.74) is 3.13. The minimum atomic E-state index is -0.0938. The van der Waals surface area contributed by atoms with Gasteiger partial charge in [0.05, 0.1) is 11.7 Å². The molecule has 0 aliphatic rings. The highest BCUT2D eigenvalue weighted by atomic mass is 16.3. The van der Waals surface area contributed by atoms with Gasteiger partial charge in [-0.15, -0.1) is 0 Å². The summed E-state index contributed by atoms with van der Waals surface area (Å²) in [6.45, 7) is 2.01. The summed E-state index contributed by atoms with van der Waals surface area (Å²) in [5, 5.41) is 13.6. The SMILES string of the molecule is Cc1nn(C)cc1CCC(=O)N(C)C(CCO)c1ccccc1. The van der Waals surface area contributed by atoms with Crippen LogP contribution in [0.15, 0.2) is 36.5 Å². The number of carbonyl (C=O) groups excluding carboxylic acids is 1. The van der Waals surface area contributed by atoms with Crippen molar-refractivity contribution < 1.29 is 9.90 Å². The van der Waals surface area contributed by atoms with Crippen LogP contribution in [-0.4, -0.2) is 39.3 Å². The van der Waals surface area contributed by atoms with E-state index in [0.717, 1.165) is 16.8 Å². The van der Waals surface area contributed by atoms with E-state index in [1.54, 1.807) is 9.58 Å². The molecule has 1 unspecified atom stereocenters. The molecule has 2 rings (SSSR count). The largest absolute Gasteiger partial charge is 0.396 e. The molecule has 0 saturated carbocycles. The first-order valence-electron chi connectivity index (χ1n) is 7.93. The Kier molecular flexibility index (Phi) is 5.93. The number of aromatic nitrogens is 2. The van der Waals surface area contributed by atoms with Gasteiger partial charge in [0.25, 0.3) is 0 Å². The van der Waals surface area contributed by atoms with Gasteiger partial charge in [0.2, 0.25) is 5.91 Å². The zero-order valence-corrected chi connectivity index (χ0v) is 14.1. The highest BCUT2D eigenvalue weighted by Crippen LogP contribution is 2.23. The van der Waals surface area contributed by atoms with Crippen molar-refractivity contribution >= 4 is 5.91 Å². The number of hydrogen-bond acceptors (Lipinski definition) is 3. The molecule has 23 heavy (non-hydrogen) atoms. The Morgan fingerprint density at radius 3 is 2.61 bits per heavy atom. The van der Waals surface area contributed by atoms with E-state index in [-0.39, 0.29) is 18.6 Å². The molecular weight excluding hydrogens is 290 g/mol. The predicted octanol–water partition coefficient (Wildman–Crippen LogP) is 2.24. The monoisotopic (exact) mass is 315 g/mol. The minimum Gasteiger partial charge on any atom is -0.396 e. The summed E-state index contributed by atoms with van der Waals surface area (Å²) < 4.78 is 1.78. The van der Waals surface area contributed by atoms with Crippen LogP contribution >= 0.6 is 0 Å². The van der Waals surface area contributed by atoms with E-state index in [0.29, 0.717) is 19.3 Å². The van der Waals surface area contributed by atoms with Crippen LogP contribution in [0.1, 0.15) is 35.7 Å². The Balaban J connectivity index is 2.03. The molecule has 1 amide bonds. The van der Waals surface area contributed by atoms with E-state index >= 15 is 0 Å². The molecule has 1 N–H and O–H groups in total. The van der Waals surface area contributed by atoms with E-state index in [1.807, 2.05) is 57.5 Å². The van der Waals surface area contributed by atoms with Crippen LogP contribution in [0.25, 0.3) is 0 Å². The first-order valence-corrected chi connectivity index (χ1v) is 7.93. The van der Waals surface area contributed by atoms with E-state index < -0.39 is 0 Å². The van der Waals surface area contributed by atoms with Gasteiger partial charge in [0.15, 0.2) is 0 Å². The van der Waals surface area contributed by atoms with E-state index in [9.17, 15) is 9.90 Å². The molecule has 1 heterocycles. The summed E-state index contributed by atoms with van der Waals surface area (Å²) in [6.07, 6.45) is 3.63. The lowest BCUT2D eigenvalue weighted by atomic mass is 10.0. The molecule has 1 atom stereocenters. The van der Waals surface area contributed by atoms with Crippen molar-refractivity contribution in [1.29, 1.82) is 0 Å². The molecular formula is C18H25N3O2. The number of aliphatic hydroxyl groups is 1. The summed E-state index contributed by atoms with van der Waals surface area (Å²) >= 11 is 0. The summed E-state index contributed by atoms with van der Waals surface area (Å²) in [6, 6.07) is 9.76. The Labute approximate surface area is 137 Å². The molecule has 1 aromatic heterocycles. The molecule has 0 radical (unpaired) electrons. The van der Waals surface area contributed by atoms with Crippen molar-refractivity contribution in [3.8, 4) is 0 Å². The lowest BCUT2D eigenvalue weighted by Gasteiger charge is -2.28. The molecule has 124 valence electrons. The molecule has 0 saturated heterocycles. The standard InChI is InChI=1S/C18H25N3O2/c1-14-16(13-20(2)19-14)9-10-18(23)21(3)17(11-12-22)15-7-5-4-6-8-15/h4-8,13,17,22H,9-12H2,1-3H3. The first kappa shape index (κ1) is 17.2. The van der Waals surface area contributed by atoms with Crippen molar-refractivity contribution in [3.63, 3.8) is 0 Å². The third-order valence-electron chi connectivity index (χ3n) is 4.17. The van der Waals surface area contributed by atoms with Crippen molar-refractivity contribution in [2.45, 2.75) is 32.2 Å². The quantitative estimate of drug-likeness (QED) is 0.852. The van der Waals surface area contributed by atoms with Crippen LogP contribution in [0.5, 0.6) is 0 Å². The van der Waals surface area contributed by atoms with Crippen LogP contribution in [0.4, 0.5) is 0 Å². The second kappa shape index (κ2) is 7.92. The van der Waals surface area contributed by atoms with Crippen LogP contribution < -0.4 is 0 Å². The first-order chi connectivity index (χ1) is 11.0. The van der Waals surface area contributed by atoms with Gasteiger partial charge in [-0.2, -0.15) is 5.10 Å². The van der Waals surface area contributed by atoms with Crippen LogP contribution in [0, 0.1) is 6.92 Å². The third-order valence-corrected chi connectivity index (χ3v) is 4.17. The summed E-state index contributed by atoms with van der Waals surface area (Å²) in [4.78, 5) is 14.3. The molecule has 0 fully saturated rings. The van der Waals surface area contributed by atoms with Gasteiger partial charge in [-0.05, 0) is 30.9 Å². The highest BCUT2D eigenvalue weighted by Gasteiger charge is 2.21. The van der Waals surface area contributed by atoms with Gasteiger partial charge in [0, 0.05) is 33.3 Å². The highest BCUT2D eigenvalue weighted by molar-refractivity contribution is 5.76. The number of aryl methyl sites for hydroxylation is 3. The van der Waals surface area contributed by atoms with Gasteiger partial charge in [-0.1, -0.05) is 30.3 Å². The lowest BCUT2D eigenvalue weighted by molar-refractivity contribution is -0.132. The fourth-order valence-electron chi connectivity index (χ4n) is 2.87. The average molecular weight is 315 g/mol. The van der Waals surface area contributed by atoms with E-state index in [1.165, 1.54) is 0 Å². The Bertz CT molecular complexity index is 637. The maximum absolute atomic E-state index is 12.5. The van der Waals surface area contributed by atoms with Gasteiger partial charge in [-0.25, -0.2) is 0 Å². The summed E-state index contributed by atoms with van der Waals surface area (Å²) in [7, 11) is 3.70. The van der Waals surface area contributed by atoms with Crippen molar-refractivity contribution in [1.82, 2.24) is 14.7 Å². The van der Waals surface area contributed by atoms with Crippen molar-refractivity contribution in [2.75, 3.05) is 13.7 Å². The van der Waals surface area contributed by atoms with Gasteiger partial charge in [0.1, 0.15) is 0 Å². The second-order valence-electron chi connectivity index (χ2n) is 5.86. The molecule has 0 spiro atoms. The zero-order chi connectivity index (χ0) is 16.8. The fraction of sp³-hybridized carbons (Fsp3) is 0.444. The minimum absolute atomic E-state index is 0.0545. The number of amides is 1. The van der Waals surface area contributed by atoms with Crippen molar-refractivity contribution in [2.24, 2.45) is 7.05 Å². The number of rotatable bonds is 7. The molecule has 0 aliphatic heterocycles. The number of aliphatic hydroxyl groups excluding tert-OH is 1. The number of benzene rings is 1. The number of nitrogens with zero attached hydrogens (tertiary/aromatic N) is 3. The van der Waals surface area contributed by atoms with Crippen LogP contribution in [0.2, 0.25) is 0 Å². The molecule has 1 aromatic carbocycles. The van der Waals surface area contributed by atoms with Gasteiger partial charge >= 0.3 is 0 Å². The molecule has 0 aliphatic carbocycles. The number of carbonyl (C=O) groups is 1. The lowest BCUT2D eigenvalue weighted by Crippen LogP contribution is -2.32. The Hall–Kier alpha value is -2.14. The number of hydrogen-bond donors (Lipinski definition) is 1. The van der Waals surface area contributed by atoms with E-state index in [4.69, 9.17) is 0 Å². The maximum atomic E-state index is 12.5. The maximum Gasteiger partial charge on any atom is 0.223 e. The zero-order valence-electron chi connectivity index (χ0n) is 14.1. The summed E-state index contributed by atoms with van der Waals surface area (Å²) in [5.74, 6) is 0.0792. The topological polar surface area (TPSA) is 58.4 Å². The molecule has 2 aromatic rings. The van der Waals surface area contributed by atoms with E-state index in [2.05, 4.69) is 5.10 Å². The van der Waals surface area contributed by atoms with Crippen LogP contribution in [0.3, 0.4) is 0 Å². The smallest absolute Gasteiger partial charge is 0.223 e. The molecule has 0 bridgehead atoms. The molecule has 5 heteroatoms. The van der Waals surface area contributed by atoms with Gasteiger partial charge < -0.3 is 10.0 Å². The average Bonchev–Trinajstić information content (AvgIpc) is 2.88. The Morgan fingerprint density at radius 2 is 2.04 bits per heavy atom. The Morgan fingerprint density at radius 1 is 1.35 bits per heavy atom. The predicted molar refractivity (Wildman–Crippen MR) is 89.9 cm³/mol. The normalized spacial score (nSPS) is 12.2. The van der Waals surface area contributed by atoms with Crippen molar-refractivity contribution in [3.05, 3.63) is 53.3 Å².